The normalized spacial score (nSPS) is 20.8. The predicted molar refractivity (Wildman–Crippen MR) is 82.0 cm³/mol. The Morgan fingerprint density at radius 2 is 1.95 bits per heavy atom. The Bertz CT molecular complexity index is 590. The Kier molecular flexibility index (Phi) is 3.57. The average molecular weight is 286 g/mol. The second-order valence-corrected chi connectivity index (χ2v) is 6.08. The Hall–Kier alpha value is -1.68. The van der Waals surface area contributed by atoms with E-state index in [0.29, 0.717) is 6.42 Å². The minimum atomic E-state index is -0.495. The van der Waals surface area contributed by atoms with E-state index in [1.165, 1.54) is 16.0 Å². The smallest absolute Gasteiger partial charge is 0.240 e. The molecular formula is C17H22N2O2. The highest BCUT2D eigenvalue weighted by Crippen LogP contribution is 2.41. The third-order valence-electron chi connectivity index (χ3n) is 5.08. The molecule has 0 radical (unpaired) electrons. The van der Waals surface area contributed by atoms with E-state index in [1.807, 2.05) is 26.0 Å². The highest BCUT2D eigenvalue weighted by atomic mass is 16.2. The van der Waals surface area contributed by atoms with Crippen molar-refractivity contribution < 1.29 is 9.59 Å². The van der Waals surface area contributed by atoms with Crippen molar-refractivity contribution in [3.8, 4) is 0 Å². The van der Waals surface area contributed by atoms with Crippen molar-refractivity contribution in [3.63, 3.8) is 0 Å². The molecule has 0 aromatic heterocycles. The number of nitrogens with one attached hydrogen (secondary N) is 1. The van der Waals surface area contributed by atoms with Crippen LogP contribution in [-0.4, -0.2) is 18.4 Å². The zero-order chi connectivity index (χ0) is 15.0. The Morgan fingerprint density at radius 1 is 1.19 bits per heavy atom. The van der Waals surface area contributed by atoms with Gasteiger partial charge in [0.1, 0.15) is 0 Å². The van der Waals surface area contributed by atoms with Crippen LogP contribution in [0, 0.1) is 5.41 Å². The second kappa shape index (κ2) is 5.26. The molecule has 0 saturated carbocycles. The lowest BCUT2D eigenvalue weighted by Crippen LogP contribution is -2.35. The molecule has 2 aliphatic heterocycles. The first kappa shape index (κ1) is 14.3. The van der Waals surface area contributed by atoms with Gasteiger partial charge < -0.3 is 5.32 Å². The van der Waals surface area contributed by atoms with Crippen molar-refractivity contribution in [2.24, 2.45) is 5.41 Å². The van der Waals surface area contributed by atoms with Crippen LogP contribution in [0.1, 0.15) is 44.2 Å². The highest BCUT2D eigenvalue weighted by molar-refractivity contribution is 6.22. The van der Waals surface area contributed by atoms with Gasteiger partial charge >= 0.3 is 0 Å². The molecule has 2 heterocycles. The number of rotatable bonds is 3. The molecule has 112 valence electrons. The van der Waals surface area contributed by atoms with Crippen molar-refractivity contribution in [1.82, 2.24) is 5.32 Å². The fraction of sp³-hybridized carbons (Fsp3) is 0.529. The molecule has 1 saturated heterocycles. The molecule has 2 amide bonds. The van der Waals surface area contributed by atoms with Gasteiger partial charge in [0.2, 0.25) is 11.8 Å². The fourth-order valence-corrected chi connectivity index (χ4v) is 3.46. The standard InChI is InChI=1S/C17H22N2O2/c1-3-17(4-2)10-15(20)19(16(17)21)14-6-5-12-7-8-18-11-13(12)9-14/h5-6,9,18H,3-4,7-8,10-11H2,1-2H3. The number of benzene rings is 1. The van der Waals surface area contributed by atoms with E-state index < -0.39 is 5.41 Å². The van der Waals surface area contributed by atoms with Gasteiger partial charge in [-0.3, -0.25) is 14.5 Å². The molecule has 0 aliphatic carbocycles. The molecule has 0 atom stereocenters. The van der Waals surface area contributed by atoms with E-state index in [-0.39, 0.29) is 11.8 Å². The van der Waals surface area contributed by atoms with Crippen molar-refractivity contribution in [3.05, 3.63) is 29.3 Å². The van der Waals surface area contributed by atoms with Crippen molar-refractivity contribution in [2.75, 3.05) is 11.4 Å². The molecule has 1 aromatic carbocycles. The highest BCUT2D eigenvalue weighted by Gasteiger charge is 2.49. The maximum absolute atomic E-state index is 12.8. The molecule has 4 nitrogen and oxygen atoms in total. The lowest BCUT2D eigenvalue weighted by molar-refractivity contribution is -0.126. The van der Waals surface area contributed by atoms with Gasteiger partial charge in [0.25, 0.3) is 0 Å². The van der Waals surface area contributed by atoms with Gasteiger partial charge in [-0.15, -0.1) is 0 Å². The molecule has 21 heavy (non-hydrogen) atoms. The van der Waals surface area contributed by atoms with Crippen LogP contribution in [0.3, 0.4) is 0 Å². The number of hydrogen-bond donors (Lipinski definition) is 1. The van der Waals surface area contributed by atoms with Crippen molar-refractivity contribution in [1.29, 1.82) is 0 Å². The number of carbonyl (C=O) groups excluding carboxylic acids is 2. The maximum atomic E-state index is 12.8. The summed E-state index contributed by atoms with van der Waals surface area (Å²) in [6.45, 7) is 5.79. The number of nitrogens with zero attached hydrogens (tertiary/aromatic N) is 1. The topological polar surface area (TPSA) is 49.4 Å². The van der Waals surface area contributed by atoms with Gasteiger partial charge in [-0.2, -0.15) is 0 Å². The lowest BCUT2D eigenvalue weighted by atomic mass is 9.81. The maximum Gasteiger partial charge on any atom is 0.240 e. The molecule has 0 bridgehead atoms. The van der Waals surface area contributed by atoms with Crippen LogP contribution in [-0.2, 0) is 22.6 Å². The van der Waals surface area contributed by atoms with Gasteiger partial charge in [0.15, 0.2) is 0 Å². The summed E-state index contributed by atoms with van der Waals surface area (Å²) in [5.74, 6) is -0.0892. The zero-order valence-corrected chi connectivity index (χ0v) is 12.7. The van der Waals surface area contributed by atoms with E-state index in [0.717, 1.165) is 38.0 Å². The van der Waals surface area contributed by atoms with Gasteiger partial charge in [-0.1, -0.05) is 19.9 Å². The molecule has 4 heteroatoms. The van der Waals surface area contributed by atoms with Gasteiger partial charge in [0, 0.05) is 13.0 Å². The van der Waals surface area contributed by atoms with E-state index >= 15 is 0 Å². The fourth-order valence-electron chi connectivity index (χ4n) is 3.46. The number of imide groups is 1. The van der Waals surface area contributed by atoms with Crippen LogP contribution in [0.5, 0.6) is 0 Å². The molecule has 0 unspecified atom stereocenters. The summed E-state index contributed by atoms with van der Waals surface area (Å²) in [6, 6.07) is 5.98. The van der Waals surface area contributed by atoms with Crippen molar-refractivity contribution in [2.45, 2.75) is 46.1 Å². The molecule has 1 aromatic rings. The first-order valence-corrected chi connectivity index (χ1v) is 7.81. The van der Waals surface area contributed by atoms with Gasteiger partial charge in [0.05, 0.1) is 11.1 Å². The Balaban J connectivity index is 1.97. The van der Waals surface area contributed by atoms with Crippen LogP contribution in [0.25, 0.3) is 0 Å². The Labute approximate surface area is 125 Å². The van der Waals surface area contributed by atoms with Crippen LogP contribution < -0.4 is 10.2 Å². The van der Waals surface area contributed by atoms with Crippen molar-refractivity contribution >= 4 is 17.5 Å². The summed E-state index contributed by atoms with van der Waals surface area (Å²) in [5, 5.41) is 3.33. The van der Waals surface area contributed by atoms with Crippen LogP contribution in [0.4, 0.5) is 5.69 Å². The van der Waals surface area contributed by atoms with Gasteiger partial charge in [-0.25, -0.2) is 0 Å². The van der Waals surface area contributed by atoms with Crippen LogP contribution in [0.2, 0.25) is 0 Å². The number of amides is 2. The lowest BCUT2D eigenvalue weighted by Gasteiger charge is -2.25. The third kappa shape index (κ3) is 2.18. The molecule has 3 rings (SSSR count). The molecule has 2 aliphatic rings. The summed E-state index contributed by atoms with van der Waals surface area (Å²) in [5.41, 5.74) is 2.75. The minimum absolute atomic E-state index is 0.0266. The largest absolute Gasteiger partial charge is 0.312 e. The van der Waals surface area contributed by atoms with E-state index in [1.54, 1.807) is 0 Å². The number of anilines is 1. The summed E-state index contributed by atoms with van der Waals surface area (Å²) in [7, 11) is 0. The summed E-state index contributed by atoms with van der Waals surface area (Å²) < 4.78 is 0. The number of hydrogen-bond acceptors (Lipinski definition) is 3. The van der Waals surface area contributed by atoms with Gasteiger partial charge in [-0.05, 0) is 49.1 Å². The quantitative estimate of drug-likeness (QED) is 0.868. The summed E-state index contributed by atoms with van der Waals surface area (Å²) >= 11 is 0. The summed E-state index contributed by atoms with van der Waals surface area (Å²) in [4.78, 5) is 26.5. The number of fused-ring (bicyclic) bond motifs is 1. The average Bonchev–Trinajstić information content (AvgIpc) is 2.78. The summed E-state index contributed by atoms with van der Waals surface area (Å²) in [6.07, 6.45) is 2.79. The monoisotopic (exact) mass is 286 g/mol. The predicted octanol–water partition coefficient (Wildman–Crippen LogP) is 2.40. The first-order valence-electron chi connectivity index (χ1n) is 7.81. The number of carbonyl (C=O) groups is 2. The third-order valence-corrected chi connectivity index (χ3v) is 5.08. The van der Waals surface area contributed by atoms with E-state index in [4.69, 9.17) is 0 Å². The first-order chi connectivity index (χ1) is 10.1. The zero-order valence-electron chi connectivity index (χ0n) is 12.7. The van der Waals surface area contributed by atoms with E-state index in [9.17, 15) is 9.59 Å². The van der Waals surface area contributed by atoms with Crippen LogP contribution >= 0.6 is 0 Å². The minimum Gasteiger partial charge on any atom is -0.312 e. The van der Waals surface area contributed by atoms with E-state index in [2.05, 4.69) is 11.4 Å². The Morgan fingerprint density at radius 3 is 2.62 bits per heavy atom. The molecular weight excluding hydrogens is 264 g/mol. The molecule has 1 fully saturated rings. The SMILES string of the molecule is CCC1(CC)CC(=O)N(c2ccc3c(c2)CNCC3)C1=O. The molecule has 1 N–H and O–H groups in total. The second-order valence-electron chi connectivity index (χ2n) is 6.08. The molecule has 0 spiro atoms. The van der Waals surface area contributed by atoms with Crippen LogP contribution in [0.15, 0.2) is 18.2 Å².